The van der Waals surface area contributed by atoms with E-state index in [1.54, 1.807) is 18.2 Å². The highest BCUT2D eigenvalue weighted by Crippen LogP contribution is 2.40. The standard InChI is InChI=1S/C21H22N2O3S/c22-27(24,25)18-14-8-7-13-17(18)20-19(15-9-3-1-4-10-15)23-21(26-20)16-11-5-2-6-12-16/h1,3-4,7-10,13-14,16H,2,5-6,11-12H2,(H2,22,24,25). The van der Waals surface area contributed by atoms with Crippen molar-refractivity contribution in [2.24, 2.45) is 5.14 Å². The fourth-order valence-corrected chi connectivity index (χ4v) is 4.47. The fourth-order valence-electron chi connectivity index (χ4n) is 3.74. The van der Waals surface area contributed by atoms with E-state index in [9.17, 15) is 8.42 Å². The maximum atomic E-state index is 12.1. The van der Waals surface area contributed by atoms with Crippen molar-refractivity contribution >= 4 is 10.0 Å². The van der Waals surface area contributed by atoms with Crippen molar-refractivity contribution in [3.63, 3.8) is 0 Å². The van der Waals surface area contributed by atoms with Crippen molar-refractivity contribution in [1.82, 2.24) is 4.98 Å². The van der Waals surface area contributed by atoms with Crippen LogP contribution in [0.2, 0.25) is 0 Å². The SMILES string of the molecule is NS(=O)(=O)c1ccccc1-c1oc(C2CCCCC2)nc1-c1ccccc1. The van der Waals surface area contributed by atoms with E-state index < -0.39 is 10.0 Å². The van der Waals surface area contributed by atoms with Gasteiger partial charge in [-0.3, -0.25) is 0 Å². The van der Waals surface area contributed by atoms with E-state index in [0.717, 1.165) is 31.2 Å². The molecule has 0 radical (unpaired) electrons. The Bertz CT molecular complexity index is 1040. The molecule has 5 nitrogen and oxygen atoms in total. The van der Waals surface area contributed by atoms with Gasteiger partial charge >= 0.3 is 0 Å². The molecule has 0 unspecified atom stereocenters. The van der Waals surface area contributed by atoms with Gasteiger partial charge in [0.25, 0.3) is 0 Å². The van der Waals surface area contributed by atoms with E-state index in [-0.39, 0.29) is 10.8 Å². The number of aromatic nitrogens is 1. The number of rotatable bonds is 4. The van der Waals surface area contributed by atoms with Crippen LogP contribution in [0.25, 0.3) is 22.6 Å². The molecule has 0 spiro atoms. The lowest BCUT2D eigenvalue weighted by atomic mass is 9.89. The Labute approximate surface area is 159 Å². The first kappa shape index (κ1) is 17.9. The van der Waals surface area contributed by atoms with Gasteiger partial charge in [0.1, 0.15) is 5.69 Å². The lowest BCUT2D eigenvalue weighted by Crippen LogP contribution is -2.13. The van der Waals surface area contributed by atoms with Crippen LogP contribution in [0.1, 0.15) is 43.9 Å². The number of hydrogen-bond acceptors (Lipinski definition) is 4. The predicted octanol–water partition coefficient (Wildman–Crippen LogP) is 4.70. The minimum Gasteiger partial charge on any atom is -0.440 e. The first-order valence-corrected chi connectivity index (χ1v) is 10.8. The van der Waals surface area contributed by atoms with Crippen molar-refractivity contribution in [1.29, 1.82) is 0 Å². The summed E-state index contributed by atoms with van der Waals surface area (Å²) in [5.41, 5.74) is 2.00. The Morgan fingerprint density at radius 3 is 2.30 bits per heavy atom. The highest BCUT2D eigenvalue weighted by molar-refractivity contribution is 7.89. The third kappa shape index (κ3) is 3.68. The maximum absolute atomic E-state index is 12.1. The molecule has 0 saturated heterocycles. The molecule has 3 aromatic rings. The largest absolute Gasteiger partial charge is 0.440 e. The van der Waals surface area contributed by atoms with Crippen molar-refractivity contribution in [3.8, 4) is 22.6 Å². The molecule has 1 fully saturated rings. The highest BCUT2D eigenvalue weighted by atomic mass is 32.2. The van der Waals surface area contributed by atoms with Gasteiger partial charge in [-0.25, -0.2) is 18.5 Å². The Hall–Kier alpha value is -2.44. The first-order valence-electron chi connectivity index (χ1n) is 9.22. The van der Waals surface area contributed by atoms with E-state index in [0.29, 0.717) is 22.9 Å². The Balaban J connectivity index is 1.91. The smallest absolute Gasteiger partial charge is 0.238 e. The van der Waals surface area contributed by atoms with Gasteiger partial charge in [0.2, 0.25) is 10.0 Å². The van der Waals surface area contributed by atoms with Crippen LogP contribution in [0.5, 0.6) is 0 Å². The second-order valence-electron chi connectivity index (χ2n) is 6.97. The van der Waals surface area contributed by atoms with E-state index in [2.05, 4.69) is 0 Å². The van der Waals surface area contributed by atoms with Crippen LogP contribution >= 0.6 is 0 Å². The van der Waals surface area contributed by atoms with Gasteiger partial charge in [-0.1, -0.05) is 61.7 Å². The number of oxazole rings is 1. The summed E-state index contributed by atoms with van der Waals surface area (Å²) in [7, 11) is -3.88. The van der Waals surface area contributed by atoms with Gasteiger partial charge in [-0.2, -0.15) is 0 Å². The maximum Gasteiger partial charge on any atom is 0.238 e. The van der Waals surface area contributed by atoms with Gasteiger partial charge in [0, 0.05) is 17.0 Å². The molecule has 2 aromatic carbocycles. The average molecular weight is 382 g/mol. The number of nitrogens with zero attached hydrogens (tertiary/aromatic N) is 1. The summed E-state index contributed by atoms with van der Waals surface area (Å²) in [5.74, 6) is 1.43. The van der Waals surface area contributed by atoms with E-state index >= 15 is 0 Å². The molecule has 1 aromatic heterocycles. The third-order valence-corrected chi connectivity index (χ3v) is 6.05. The van der Waals surface area contributed by atoms with Crippen molar-refractivity contribution < 1.29 is 12.8 Å². The molecular weight excluding hydrogens is 360 g/mol. The minimum atomic E-state index is -3.88. The Kier molecular flexibility index (Phi) is 4.85. The molecule has 1 heterocycles. The molecule has 140 valence electrons. The summed E-state index contributed by atoms with van der Waals surface area (Å²) in [4.78, 5) is 4.85. The van der Waals surface area contributed by atoms with Gasteiger partial charge in [-0.15, -0.1) is 0 Å². The fraction of sp³-hybridized carbons (Fsp3) is 0.286. The van der Waals surface area contributed by atoms with Crippen LogP contribution in [-0.4, -0.2) is 13.4 Å². The summed E-state index contributed by atoms with van der Waals surface area (Å²) >= 11 is 0. The van der Waals surface area contributed by atoms with Crippen molar-refractivity contribution in [3.05, 3.63) is 60.5 Å². The zero-order valence-electron chi connectivity index (χ0n) is 15.0. The molecule has 1 aliphatic rings. The Morgan fingerprint density at radius 1 is 0.926 bits per heavy atom. The molecule has 0 bridgehead atoms. The molecule has 0 atom stereocenters. The van der Waals surface area contributed by atoms with Gasteiger partial charge in [-0.05, 0) is 25.0 Å². The topological polar surface area (TPSA) is 86.2 Å². The second-order valence-corrected chi connectivity index (χ2v) is 8.50. The molecule has 4 rings (SSSR count). The first-order chi connectivity index (χ1) is 13.0. The summed E-state index contributed by atoms with van der Waals surface area (Å²) < 4.78 is 30.4. The molecule has 0 aliphatic heterocycles. The number of nitrogens with two attached hydrogens (primary N) is 1. The summed E-state index contributed by atoms with van der Waals surface area (Å²) in [6.07, 6.45) is 5.66. The third-order valence-electron chi connectivity index (χ3n) is 5.08. The minimum absolute atomic E-state index is 0.0496. The van der Waals surface area contributed by atoms with E-state index in [1.807, 2.05) is 30.3 Å². The van der Waals surface area contributed by atoms with Crippen molar-refractivity contribution in [2.75, 3.05) is 0 Å². The van der Waals surface area contributed by atoms with Crippen LogP contribution in [0.3, 0.4) is 0 Å². The summed E-state index contributed by atoms with van der Waals surface area (Å²) in [5, 5.41) is 5.44. The summed E-state index contributed by atoms with van der Waals surface area (Å²) in [6, 6.07) is 16.4. The lowest BCUT2D eigenvalue weighted by molar-refractivity contribution is 0.367. The number of sulfonamides is 1. The van der Waals surface area contributed by atoms with Crippen molar-refractivity contribution in [2.45, 2.75) is 42.9 Å². The molecule has 2 N–H and O–H groups in total. The quantitative estimate of drug-likeness (QED) is 0.708. The molecule has 27 heavy (non-hydrogen) atoms. The molecule has 6 heteroatoms. The van der Waals surface area contributed by atoms with Crippen LogP contribution in [0, 0.1) is 0 Å². The summed E-state index contributed by atoms with van der Waals surface area (Å²) in [6.45, 7) is 0. The average Bonchev–Trinajstić information content (AvgIpc) is 3.14. The van der Waals surface area contributed by atoms with Crippen LogP contribution in [0.4, 0.5) is 0 Å². The highest BCUT2D eigenvalue weighted by Gasteiger charge is 2.27. The predicted molar refractivity (Wildman–Crippen MR) is 105 cm³/mol. The number of benzene rings is 2. The van der Waals surface area contributed by atoms with E-state index in [1.165, 1.54) is 12.5 Å². The Morgan fingerprint density at radius 2 is 1.59 bits per heavy atom. The van der Waals surface area contributed by atoms with Gasteiger partial charge in [0.15, 0.2) is 11.7 Å². The molecular formula is C21H22N2O3S. The molecule has 0 amide bonds. The monoisotopic (exact) mass is 382 g/mol. The van der Waals surface area contributed by atoms with Gasteiger partial charge in [0.05, 0.1) is 4.90 Å². The normalized spacial score (nSPS) is 15.7. The van der Waals surface area contributed by atoms with Crippen LogP contribution < -0.4 is 5.14 Å². The van der Waals surface area contributed by atoms with Crippen LogP contribution in [-0.2, 0) is 10.0 Å². The van der Waals surface area contributed by atoms with Crippen LogP contribution in [0.15, 0.2) is 63.9 Å². The zero-order valence-corrected chi connectivity index (χ0v) is 15.8. The second kappa shape index (κ2) is 7.29. The van der Waals surface area contributed by atoms with Gasteiger partial charge < -0.3 is 4.42 Å². The number of primary sulfonamides is 1. The number of hydrogen-bond donors (Lipinski definition) is 1. The molecule has 1 saturated carbocycles. The van der Waals surface area contributed by atoms with E-state index in [4.69, 9.17) is 14.5 Å². The molecule has 1 aliphatic carbocycles. The lowest BCUT2D eigenvalue weighted by Gasteiger charge is -2.18. The zero-order chi connectivity index (χ0) is 18.9.